The van der Waals surface area contributed by atoms with E-state index >= 15 is 0 Å². The second kappa shape index (κ2) is 18.5. The molecule has 3 aliphatic heterocycles. The van der Waals surface area contributed by atoms with Crippen LogP contribution in [0.25, 0.3) is 0 Å². The average Bonchev–Trinajstić information content (AvgIpc) is 3.05. The molecule has 3 N–H and O–H groups in total. The van der Waals surface area contributed by atoms with Gasteiger partial charge in [-0.2, -0.15) is 0 Å². The largest absolute Gasteiger partial charge is 1.00 e. The third-order valence-electron chi connectivity index (χ3n) is 2.48. The highest BCUT2D eigenvalue weighted by molar-refractivity contribution is 7.44. The van der Waals surface area contributed by atoms with Gasteiger partial charge in [0.2, 0.25) is 20.0 Å². The molecule has 0 radical (unpaired) electrons. The van der Waals surface area contributed by atoms with Gasteiger partial charge in [-0.1, -0.05) is 0 Å². The van der Waals surface area contributed by atoms with Crippen molar-refractivity contribution in [3.63, 3.8) is 0 Å². The minimum atomic E-state index is 0. The molecule has 12 heteroatoms. The van der Waals surface area contributed by atoms with Gasteiger partial charge in [0.25, 0.3) is 37.3 Å². The molecule has 0 saturated carbocycles. The van der Waals surface area contributed by atoms with E-state index in [1.54, 1.807) is 0 Å². The average molecular weight is 690 g/mol. The van der Waals surface area contributed by atoms with E-state index in [1.807, 2.05) is 11.8 Å². The van der Waals surface area contributed by atoms with Crippen molar-refractivity contribution in [1.82, 2.24) is 16.0 Å². The van der Waals surface area contributed by atoms with Gasteiger partial charge in [-0.25, -0.2) is 0 Å². The molecule has 0 aromatic carbocycles. The van der Waals surface area contributed by atoms with Crippen LogP contribution in [-0.2, 0) is 37.3 Å². The minimum absolute atomic E-state index is 0. The summed E-state index contributed by atoms with van der Waals surface area (Å²) in [6.45, 7) is 8.90. The Balaban J connectivity index is -0.000000216. The van der Waals surface area contributed by atoms with Gasteiger partial charge in [-0.05, 0) is 0 Å². The fourth-order valence-corrected chi connectivity index (χ4v) is 2.01. The second-order valence-electron chi connectivity index (χ2n) is 4.09. The van der Waals surface area contributed by atoms with Crippen molar-refractivity contribution in [2.45, 2.75) is 0 Å². The Morgan fingerprint density at radius 3 is 0.810 bits per heavy atom. The first-order valence-electron chi connectivity index (χ1n) is 6.07. The van der Waals surface area contributed by atoms with Crippen molar-refractivity contribution in [2.75, 3.05) is 59.3 Å². The topological polar surface area (TPSA) is 45.1 Å². The van der Waals surface area contributed by atoms with Gasteiger partial charge in [0.05, 0.1) is 19.6 Å². The van der Waals surface area contributed by atoms with Crippen LogP contribution in [-0.4, -0.2) is 71.1 Å². The third kappa shape index (κ3) is 16.8. The summed E-state index contributed by atoms with van der Waals surface area (Å²) in [5.74, 6) is 0. The summed E-state index contributed by atoms with van der Waals surface area (Å²) >= 11 is 14.3. The monoisotopic (exact) mass is 690 g/mol. The first kappa shape index (κ1) is 28.0. The van der Waals surface area contributed by atoms with Gasteiger partial charge in [0.15, 0.2) is 19.6 Å². The zero-order valence-corrected chi connectivity index (χ0v) is 20.5. The van der Waals surface area contributed by atoms with Crippen LogP contribution in [0.2, 0.25) is 0 Å². The zero-order chi connectivity index (χ0) is 13.2. The number of rotatable bonds is 0. The standard InChI is InChI=1S/3C3H7N2S.3HI/c3*6-5-2-1-4-3-5;;;/h3*4H,1-3H2;3*1H/q3*+1;;;/p-3. The Labute approximate surface area is 194 Å². The first-order valence-corrected chi connectivity index (χ1v) is 7.16. The number of hydrogen-bond donors (Lipinski definition) is 3. The SMILES string of the molecule is S=[N+]1CCNC1.S=[N+]1CCNC1.S=[N+]1CCNC1.[I-].[I-].[I-]. The molecule has 126 valence electrons. The molecule has 3 fully saturated rings. The molecule has 0 bridgehead atoms. The van der Waals surface area contributed by atoms with E-state index in [2.05, 4.69) is 16.0 Å². The maximum Gasteiger partial charge on any atom is 0.264 e. The lowest BCUT2D eigenvalue weighted by molar-refractivity contribution is -0.476. The van der Waals surface area contributed by atoms with Crippen LogP contribution in [0.5, 0.6) is 0 Å². The lowest BCUT2D eigenvalue weighted by Crippen LogP contribution is -3.00. The van der Waals surface area contributed by atoms with E-state index in [4.69, 9.17) is 37.3 Å². The third-order valence-corrected chi connectivity index (χ3v) is 3.41. The molecule has 0 unspecified atom stereocenters. The Morgan fingerprint density at radius 2 is 0.762 bits per heavy atom. The van der Waals surface area contributed by atoms with Crippen molar-refractivity contribution < 1.29 is 83.8 Å². The van der Waals surface area contributed by atoms with Gasteiger partial charge >= 0.3 is 0 Å². The summed E-state index contributed by atoms with van der Waals surface area (Å²) in [6, 6.07) is 0. The molecule has 6 nitrogen and oxygen atoms in total. The van der Waals surface area contributed by atoms with Crippen LogP contribution in [0.1, 0.15) is 0 Å². The van der Waals surface area contributed by atoms with Crippen LogP contribution < -0.4 is 87.9 Å². The van der Waals surface area contributed by atoms with Gasteiger partial charge in [-0.15, -0.1) is 11.8 Å². The highest BCUT2D eigenvalue weighted by Crippen LogP contribution is 1.76. The Kier molecular flexibility index (Phi) is 24.6. The molecule has 3 aliphatic rings. The summed E-state index contributed by atoms with van der Waals surface area (Å²) in [4.78, 5) is 0. The molecule has 0 aromatic rings. The Hall–Kier alpha value is 2.13. The quantitative estimate of drug-likeness (QED) is 0.174. The predicted molar refractivity (Wildman–Crippen MR) is 76.1 cm³/mol. The van der Waals surface area contributed by atoms with Crippen molar-refractivity contribution in [1.29, 1.82) is 0 Å². The minimum Gasteiger partial charge on any atom is -1.00 e. The normalized spacial score (nSPS) is 19.1. The molecule has 3 rings (SSSR count). The van der Waals surface area contributed by atoms with Gasteiger partial charge in [-0.3, -0.25) is 16.0 Å². The van der Waals surface area contributed by atoms with Crippen LogP contribution >= 0.6 is 0 Å². The highest BCUT2D eigenvalue weighted by atomic mass is 127. The van der Waals surface area contributed by atoms with Crippen molar-refractivity contribution >= 4 is 37.3 Å². The molecule has 0 amide bonds. The number of hydrogen-bond acceptors (Lipinski definition) is 6. The molecular weight excluding hydrogens is 669 g/mol. The fraction of sp³-hybridized carbons (Fsp3) is 1.00. The van der Waals surface area contributed by atoms with Crippen molar-refractivity contribution in [2.24, 2.45) is 0 Å². The second-order valence-corrected chi connectivity index (χ2v) is 5.64. The van der Waals surface area contributed by atoms with Gasteiger partial charge in [0.1, 0.15) is 0 Å². The Bertz CT molecular complexity index is 250. The van der Waals surface area contributed by atoms with Crippen LogP contribution in [0, 0.1) is 0 Å². The van der Waals surface area contributed by atoms with E-state index in [-0.39, 0.29) is 71.9 Å². The van der Waals surface area contributed by atoms with Crippen molar-refractivity contribution in [3.05, 3.63) is 0 Å². The first-order chi connectivity index (χ1) is 8.68. The molecule has 0 aromatic heterocycles. The van der Waals surface area contributed by atoms with E-state index in [1.165, 1.54) is 0 Å². The van der Waals surface area contributed by atoms with Crippen molar-refractivity contribution in [3.8, 4) is 0 Å². The summed E-state index contributed by atoms with van der Waals surface area (Å²) in [7, 11) is 0. The molecule has 3 saturated heterocycles. The van der Waals surface area contributed by atoms with E-state index in [9.17, 15) is 0 Å². The van der Waals surface area contributed by atoms with Crippen LogP contribution in [0.15, 0.2) is 0 Å². The highest BCUT2D eigenvalue weighted by Gasteiger charge is 2.09. The predicted octanol–water partition coefficient (Wildman–Crippen LogP) is -11.1. The fourth-order valence-electron chi connectivity index (χ4n) is 1.46. The summed E-state index contributed by atoms with van der Waals surface area (Å²) < 4.78 is 5.50. The van der Waals surface area contributed by atoms with Gasteiger partial charge in [0, 0.05) is 0 Å². The zero-order valence-electron chi connectivity index (χ0n) is 11.6. The smallest absolute Gasteiger partial charge is 0.264 e. The molecule has 21 heavy (non-hydrogen) atoms. The Morgan fingerprint density at radius 1 is 0.524 bits per heavy atom. The summed E-state index contributed by atoms with van der Waals surface area (Å²) in [5.41, 5.74) is 0. The molecule has 0 spiro atoms. The summed E-state index contributed by atoms with van der Waals surface area (Å²) in [5, 5.41) is 9.28. The molecular formula is C9H21I3N6S3. The molecule has 0 aliphatic carbocycles. The molecule has 0 atom stereocenters. The van der Waals surface area contributed by atoms with E-state index in [0.29, 0.717) is 0 Å². The summed E-state index contributed by atoms with van der Waals surface area (Å²) in [6.07, 6.45) is 0. The van der Waals surface area contributed by atoms with Crippen LogP contribution in [0.4, 0.5) is 0 Å². The lowest BCUT2D eigenvalue weighted by atomic mass is 10.7. The van der Waals surface area contributed by atoms with E-state index in [0.717, 1.165) is 59.3 Å². The number of nitrogens with one attached hydrogen (secondary N) is 3. The van der Waals surface area contributed by atoms with E-state index < -0.39 is 0 Å². The van der Waals surface area contributed by atoms with Crippen LogP contribution in [0.3, 0.4) is 0 Å². The maximum absolute atomic E-state index is 4.77. The maximum atomic E-state index is 4.77. The number of halogens is 3. The van der Waals surface area contributed by atoms with Gasteiger partial charge < -0.3 is 71.9 Å². The lowest BCUT2D eigenvalue weighted by Gasteiger charge is -1.72. The number of nitrogens with zero attached hydrogens (tertiary/aromatic N) is 3. The molecule has 3 heterocycles.